The molecule has 0 aromatic carbocycles. The van der Waals surface area contributed by atoms with E-state index in [1.807, 2.05) is 0 Å². The highest BCUT2D eigenvalue weighted by Crippen LogP contribution is 2.44. The standard InChI is InChI=1S/C17H21NO7/c1-3-16(21)12-8-13-17(23-6-7-24-17)4-5-18(13)14(20)11(12)9-22-15(16)25-10(2)19/h8,15,21H,3-7,9H2,1-2H3/t15?,16-/m0/s1. The predicted molar refractivity (Wildman–Crippen MR) is 83.4 cm³/mol. The molecule has 1 unspecified atom stereocenters. The summed E-state index contributed by atoms with van der Waals surface area (Å²) in [6.07, 6.45) is -0.396. The van der Waals surface area contributed by atoms with Gasteiger partial charge in [-0.05, 0) is 12.5 Å². The van der Waals surface area contributed by atoms with E-state index in [1.54, 1.807) is 17.6 Å². The van der Waals surface area contributed by atoms with Crippen LogP contribution >= 0.6 is 0 Å². The van der Waals surface area contributed by atoms with Crippen molar-refractivity contribution < 1.29 is 28.8 Å². The molecule has 8 nitrogen and oxygen atoms in total. The third-order valence-electron chi connectivity index (χ3n) is 5.26. The van der Waals surface area contributed by atoms with E-state index in [2.05, 4.69) is 0 Å². The second-order valence-corrected chi connectivity index (χ2v) is 6.61. The number of pyridine rings is 1. The van der Waals surface area contributed by atoms with Crippen LogP contribution in [0.2, 0.25) is 0 Å². The fourth-order valence-electron chi connectivity index (χ4n) is 3.95. The van der Waals surface area contributed by atoms with Crippen LogP contribution in [0.5, 0.6) is 0 Å². The number of rotatable bonds is 2. The molecule has 0 aliphatic carbocycles. The number of fused-ring (bicyclic) bond motifs is 3. The van der Waals surface area contributed by atoms with E-state index < -0.39 is 23.6 Å². The first kappa shape index (κ1) is 16.7. The maximum absolute atomic E-state index is 12.9. The van der Waals surface area contributed by atoms with Crippen molar-refractivity contribution in [2.75, 3.05) is 13.2 Å². The molecular weight excluding hydrogens is 330 g/mol. The molecule has 0 amide bonds. The summed E-state index contributed by atoms with van der Waals surface area (Å²) in [7, 11) is 0. The van der Waals surface area contributed by atoms with Crippen molar-refractivity contribution in [3.05, 3.63) is 33.2 Å². The summed E-state index contributed by atoms with van der Waals surface area (Å²) in [5, 5.41) is 11.2. The van der Waals surface area contributed by atoms with Crippen LogP contribution in [0.4, 0.5) is 0 Å². The van der Waals surface area contributed by atoms with Crippen molar-refractivity contribution in [3.63, 3.8) is 0 Å². The molecule has 3 aliphatic heterocycles. The van der Waals surface area contributed by atoms with Crippen LogP contribution in [0.15, 0.2) is 10.9 Å². The van der Waals surface area contributed by atoms with Gasteiger partial charge in [0.1, 0.15) is 0 Å². The lowest BCUT2D eigenvalue weighted by atomic mass is 9.85. The fraction of sp³-hybridized carbons (Fsp3) is 0.647. The maximum atomic E-state index is 12.9. The van der Waals surface area contributed by atoms with Gasteiger partial charge in [-0.3, -0.25) is 9.59 Å². The van der Waals surface area contributed by atoms with Crippen molar-refractivity contribution in [1.82, 2.24) is 4.57 Å². The van der Waals surface area contributed by atoms with E-state index >= 15 is 0 Å². The lowest BCUT2D eigenvalue weighted by Gasteiger charge is -2.39. The highest BCUT2D eigenvalue weighted by Gasteiger charge is 2.51. The molecule has 1 spiro atoms. The highest BCUT2D eigenvalue weighted by molar-refractivity contribution is 5.66. The molecule has 3 aliphatic rings. The molecule has 2 atom stereocenters. The van der Waals surface area contributed by atoms with Crippen LogP contribution in [0, 0.1) is 0 Å². The van der Waals surface area contributed by atoms with Crippen LogP contribution < -0.4 is 5.56 Å². The average molecular weight is 351 g/mol. The molecule has 1 saturated heterocycles. The van der Waals surface area contributed by atoms with Gasteiger partial charge in [-0.25, -0.2) is 0 Å². The zero-order chi connectivity index (χ0) is 17.8. The first-order valence-electron chi connectivity index (χ1n) is 8.48. The van der Waals surface area contributed by atoms with E-state index in [4.69, 9.17) is 18.9 Å². The number of aliphatic hydroxyl groups is 1. The Kier molecular flexibility index (Phi) is 3.77. The Bertz CT molecular complexity index is 780. The molecule has 1 N–H and O–H groups in total. The van der Waals surface area contributed by atoms with Crippen LogP contribution in [-0.2, 0) is 48.3 Å². The van der Waals surface area contributed by atoms with Gasteiger partial charge in [0.15, 0.2) is 5.60 Å². The molecule has 0 radical (unpaired) electrons. The summed E-state index contributed by atoms with van der Waals surface area (Å²) in [6.45, 7) is 4.38. The number of nitrogens with zero attached hydrogens (tertiary/aromatic N) is 1. The van der Waals surface area contributed by atoms with Gasteiger partial charge in [-0.15, -0.1) is 0 Å². The van der Waals surface area contributed by atoms with Crippen molar-refractivity contribution in [2.45, 2.75) is 57.5 Å². The zero-order valence-corrected chi connectivity index (χ0v) is 14.2. The van der Waals surface area contributed by atoms with Gasteiger partial charge in [0.05, 0.1) is 25.5 Å². The van der Waals surface area contributed by atoms with Gasteiger partial charge in [0.25, 0.3) is 5.56 Å². The number of ether oxygens (including phenoxy) is 4. The number of hydrogen-bond acceptors (Lipinski definition) is 7. The summed E-state index contributed by atoms with van der Waals surface area (Å²) in [4.78, 5) is 24.3. The molecule has 1 fully saturated rings. The second kappa shape index (κ2) is 5.63. The van der Waals surface area contributed by atoms with Gasteiger partial charge in [0.2, 0.25) is 12.1 Å². The summed E-state index contributed by atoms with van der Waals surface area (Å²) >= 11 is 0. The van der Waals surface area contributed by atoms with Crippen molar-refractivity contribution in [2.24, 2.45) is 0 Å². The topological polar surface area (TPSA) is 96.2 Å². The number of esters is 1. The molecule has 25 heavy (non-hydrogen) atoms. The van der Waals surface area contributed by atoms with Gasteiger partial charge >= 0.3 is 5.97 Å². The van der Waals surface area contributed by atoms with Crippen molar-refractivity contribution >= 4 is 5.97 Å². The second-order valence-electron chi connectivity index (χ2n) is 6.61. The number of aromatic nitrogens is 1. The minimum Gasteiger partial charge on any atom is -0.432 e. The maximum Gasteiger partial charge on any atom is 0.305 e. The Morgan fingerprint density at radius 3 is 2.80 bits per heavy atom. The predicted octanol–water partition coefficient (Wildman–Crippen LogP) is 0.469. The molecule has 0 bridgehead atoms. The van der Waals surface area contributed by atoms with E-state index in [0.717, 1.165) is 0 Å². The molecule has 8 heteroatoms. The minimum atomic E-state index is -1.60. The Morgan fingerprint density at radius 1 is 1.44 bits per heavy atom. The van der Waals surface area contributed by atoms with Crippen molar-refractivity contribution in [1.29, 1.82) is 0 Å². The Balaban J connectivity index is 1.88. The molecule has 4 heterocycles. The molecule has 1 aromatic rings. The van der Waals surface area contributed by atoms with Gasteiger partial charge in [-0.1, -0.05) is 6.92 Å². The van der Waals surface area contributed by atoms with Crippen LogP contribution in [0.3, 0.4) is 0 Å². The fourth-order valence-corrected chi connectivity index (χ4v) is 3.95. The largest absolute Gasteiger partial charge is 0.432 e. The highest BCUT2D eigenvalue weighted by atomic mass is 16.7. The van der Waals surface area contributed by atoms with E-state index in [9.17, 15) is 14.7 Å². The Labute approximate surface area is 144 Å². The summed E-state index contributed by atoms with van der Waals surface area (Å²) < 4.78 is 23.9. The molecule has 4 rings (SSSR count). The van der Waals surface area contributed by atoms with Crippen LogP contribution in [0.25, 0.3) is 0 Å². The SMILES string of the molecule is CC[C@]1(O)c2cc3n(c(=O)c2COC1OC(C)=O)CCC31OCCO1. The summed E-state index contributed by atoms with van der Waals surface area (Å²) in [5.74, 6) is -1.49. The first-order chi connectivity index (χ1) is 11.9. The normalized spacial score (nSPS) is 29.5. The summed E-state index contributed by atoms with van der Waals surface area (Å²) in [6, 6.07) is 1.75. The third-order valence-corrected chi connectivity index (χ3v) is 5.26. The van der Waals surface area contributed by atoms with E-state index in [1.165, 1.54) is 6.92 Å². The molecule has 0 saturated carbocycles. The van der Waals surface area contributed by atoms with Gasteiger partial charge < -0.3 is 28.6 Å². The Hall–Kier alpha value is -1.74. The van der Waals surface area contributed by atoms with Gasteiger partial charge in [0, 0.05) is 31.0 Å². The lowest BCUT2D eigenvalue weighted by molar-refractivity contribution is -0.251. The first-order valence-corrected chi connectivity index (χ1v) is 8.48. The summed E-state index contributed by atoms with van der Waals surface area (Å²) in [5.41, 5.74) is -0.424. The van der Waals surface area contributed by atoms with Crippen LogP contribution in [-0.4, -0.2) is 35.1 Å². The van der Waals surface area contributed by atoms with E-state index in [-0.39, 0.29) is 18.6 Å². The molecular formula is C17H21NO7. The Morgan fingerprint density at radius 2 is 2.16 bits per heavy atom. The third kappa shape index (κ3) is 2.28. The lowest BCUT2D eigenvalue weighted by Crippen LogP contribution is -2.49. The smallest absolute Gasteiger partial charge is 0.305 e. The average Bonchev–Trinajstić information content (AvgIpc) is 3.20. The van der Waals surface area contributed by atoms with Crippen molar-refractivity contribution in [3.8, 4) is 0 Å². The minimum absolute atomic E-state index is 0.0244. The molecule has 136 valence electrons. The number of carbonyl (C=O) groups is 1. The quantitative estimate of drug-likeness (QED) is 0.774. The van der Waals surface area contributed by atoms with Crippen LogP contribution in [0.1, 0.15) is 43.5 Å². The monoisotopic (exact) mass is 351 g/mol. The number of carbonyl (C=O) groups excluding carboxylic acids is 1. The van der Waals surface area contributed by atoms with Gasteiger partial charge in [-0.2, -0.15) is 0 Å². The number of hydrogen-bond donors (Lipinski definition) is 1. The van der Waals surface area contributed by atoms with E-state index in [0.29, 0.717) is 43.0 Å². The molecule has 1 aromatic heterocycles. The zero-order valence-electron chi connectivity index (χ0n) is 14.2.